The number of hydrogen-bond donors (Lipinski definition) is 1. The number of methoxy groups -OCH3 is 1. The second-order valence-corrected chi connectivity index (χ2v) is 8.16. The highest BCUT2D eigenvalue weighted by Crippen LogP contribution is 2.32. The van der Waals surface area contributed by atoms with Crippen molar-refractivity contribution < 1.29 is 14.4 Å². The summed E-state index contributed by atoms with van der Waals surface area (Å²) in [4.78, 5) is 4.76. The van der Waals surface area contributed by atoms with Gasteiger partial charge < -0.3 is 19.3 Å². The number of hydrogen-bond acceptors (Lipinski definition) is 6. The molecule has 1 aliphatic heterocycles. The third kappa shape index (κ3) is 4.01. The molecule has 0 amide bonds. The molecule has 4 aromatic rings. The molecule has 1 N–H and O–H groups in total. The van der Waals surface area contributed by atoms with E-state index in [4.69, 9.17) is 9.26 Å². The Balaban J connectivity index is 1.34. The number of aromatic nitrogens is 1. The summed E-state index contributed by atoms with van der Waals surface area (Å²) in [5.41, 5.74) is 4.62. The maximum atomic E-state index is 10.6. The van der Waals surface area contributed by atoms with Gasteiger partial charge in [-0.25, -0.2) is 0 Å². The minimum atomic E-state index is 0.253. The standard InChI is InChI=1S/C26H27N3O3/c1-31-25-10-6-5-7-19(25)17-23-21-11-12-24(30)22(26(21)32-27-23)18-28-13-15-29(16-14-28)20-8-3-2-4-9-20/h2-12,30H,13-18H2,1H3. The maximum Gasteiger partial charge on any atom is 0.175 e. The summed E-state index contributed by atoms with van der Waals surface area (Å²) < 4.78 is 11.2. The molecule has 6 heteroatoms. The Morgan fingerprint density at radius 3 is 2.47 bits per heavy atom. The van der Waals surface area contributed by atoms with Crippen molar-refractivity contribution in [3.63, 3.8) is 0 Å². The van der Waals surface area contributed by atoms with E-state index in [1.165, 1.54) is 5.69 Å². The fourth-order valence-corrected chi connectivity index (χ4v) is 4.44. The van der Waals surface area contributed by atoms with Gasteiger partial charge in [0.15, 0.2) is 5.58 Å². The first kappa shape index (κ1) is 20.4. The van der Waals surface area contributed by atoms with Gasteiger partial charge in [0.05, 0.1) is 18.4 Å². The molecule has 5 rings (SSSR count). The number of para-hydroxylation sites is 2. The lowest BCUT2D eigenvalue weighted by molar-refractivity contribution is 0.246. The molecule has 164 valence electrons. The Bertz CT molecular complexity index is 1200. The molecule has 0 radical (unpaired) electrons. The Labute approximate surface area is 187 Å². The highest BCUT2D eigenvalue weighted by atomic mass is 16.5. The van der Waals surface area contributed by atoms with Crippen molar-refractivity contribution in [1.82, 2.24) is 10.1 Å². The van der Waals surface area contributed by atoms with Gasteiger partial charge in [-0.2, -0.15) is 0 Å². The number of fused-ring (bicyclic) bond motifs is 1. The van der Waals surface area contributed by atoms with E-state index in [1.807, 2.05) is 36.4 Å². The molecule has 0 saturated carbocycles. The Morgan fingerprint density at radius 2 is 1.69 bits per heavy atom. The quantitative estimate of drug-likeness (QED) is 0.488. The Morgan fingerprint density at radius 1 is 0.938 bits per heavy atom. The lowest BCUT2D eigenvalue weighted by atomic mass is 10.0. The summed E-state index contributed by atoms with van der Waals surface area (Å²) in [6.45, 7) is 4.39. The predicted octanol–water partition coefficient (Wildman–Crippen LogP) is 4.46. The number of nitrogens with zero attached hydrogens (tertiary/aromatic N) is 3. The highest BCUT2D eigenvalue weighted by Gasteiger charge is 2.22. The zero-order valence-corrected chi connectivity index (χ0v) is 18.2. The summed E-state index contributed by atoms with van der Waals surface area (Å²) in [7, 11) is 1.67. The fourth-order valence-electron chi connectivity index (χ4n) is 4.44. The average molecular weight is 430 g/mol. The Hall–Kier alpha value is -3.51. The van der Waals surface area contributed by atoms with Crippen molar-refractivity contribution in [2.24, 2.45) is 0 Å². The minimum Gasteiger partial charge on any atom is -0.507 e. The molecule has 2 heterocycles. The summed E-state index contributed by atoms with van der Waals surface area (Å²) >= 11 is 0. The maximum absolute atomic E-state index is 10.6. The van der Waals surface area contributed by atoms with Gasteiger partial charge >= 0.3 is 0 Å². The molecular weight excluding hydrogens is 402 g/mol. The van der Waals surface area contributed by atoms with Gasteiger partial charge in [0, 0.05) is 55.8 Å². The molecule has 0 bridgehead atoms. The first-order valence-electron chi connectivity index (χ1n) is 11.0. The zero-order valence-electron chi connectivity index (χ0n) is 18.2. The van der Waals surface area contributed by atoms with Crippen LogP contribution in [0.5, 0.6) is 11.5 Å². The molecule has 3 aromatic carbocycles. The summed E-state index contributed by atoms with van der Waals surface area (Å²) in [5.74, 6) is 1.09. The molecule has 6 nitrogen and oxygen atoms in total. The number of phenols is 1. The van der Waals surface area contributed by atoms with E-state index in [-0.39, 0.29) is 5.75 Å². The van der Waals surface area contributed by atoms with Crippen LogP contribution in [-0.2, 0) is 13.0 Å². The molecule has 1 fully saturated rings. The number of ether oxygens (including phenoxy) is 1. The molecule has 1 aliphatic rings. The van der Waals surface area contributed by atoms with E-state index >= 15 is 0 Å². The van der Waals surface area contributed by atoms with Crippen molar-refractivity contribution in [2.45, 2.75) is 13.0 Å². The highest BCUT2D eigenvalue weighted by molar-refractivity contribution is 5.84. The topological polar surface area (TPSA) is 62.0 Å². The van der Waals surface area contributed by atoms with Gasteiger partial charge in [0.2, 0.25) is 0 Å². The van der Waals surface area contributed by atoms with Gasteiger partial charge in [-0.1, -0.05) is 41.6 Å². The van der Waals surface area contributed by atoms with Gasteiger partial charge in [-0.05, 0) is 30.3 Å². The number of benzene rings is 3. The largest absolute Gasteiger partial charge is 0.507 e. The SMILES string of the molecule is COc1ccccc1Cc1noc2c(CN3CCN(c4ccccc4)CC3)c(O)ccc12. The van der Waals surface area contributed by atoms with Crippen LogP contribution < -0.4 is 9.64 Å². The average Bonchev–Trinajstić information content (AvgIpc) is 3.25. The lowest BCUT2D eigenvalue weighted by Gasteiger charge is -2.36. The third-order valence-electron chi connectivity index (χ3n) is 6.22. The molecule has 32 heavy (non-hydrogen) atoms. The zero-order chi connectivity index (χ0) is 21.9. The van der Waals surface area contributed by atoms with E-state index in [0.29, 0.717) is 18.5 Å². The van der Waals surface area contributed by atoms with Gasteiger partial charge in [-0.15, -0.1) is 0 Å². The van der Waals surface area contributed by atoms with E-state index in [0.717, 1.165) is 54.1 Å². The van der Waals surface area contributed by atoms with Crippen LogP contribution >= 0.6 is 0 Å². The van der Waals surface area contributed by atoms with Crippen molar-refractivity contribution >= 4 is 16.7 Å². The van der Waals surface area contributed by atoms with Crippen LogP contribution in [0.2, 0.25) is 0 Å². The second kappa shape index (κ2) is 8.93. The van der Waals surface area contributed by atoms with Crippen LogP contribution in [0.3, 0.4) is 0 Å². The third-order valence-corrected chi connectivity index (χ3v) is 6.22. The van der Waals surface area contributed by atoms with Crippen LogP contribution in [0.25, 0.3) is 11.0 Å². The summed E-state index contributed by atoms with van der Waals surface area (Å²) in [6, 6.07) is 22.1. The lowest BCUT2D eigenvalue weighted by Crippen LogP contribution is -2.45. The first-order chi connectivity index (χ1) is 15.7. The van der Waals surface area contributed by atoms with Gasteiger partial charge in [0.25, 0.3) is 0 Å². The summed E-state index contributed by atoms with van der Waals surface area (Å²) in [6.07, 6.45) is 0.608. The van der Waals surface area contributed by atoms with E-state index in [2.05, 4.69) is 39.2 Å². The van der Waals surface area contributed by atoms with Gasteiger partial charge in [-0.3, -0.25) is 4.90 Å². The Kier molecular flexibility index (Phi) is 5.69. The number of aromatic hydroxyl groups is 1. The molecule has 0 atom stereocenters. The van der Waals surface area contributed by atoms with E-state index in [9.17, 15) is 5.11 Å². The molecule has 0 spiro atoms. The smallest absolute Gasteiger partial charge is 0.175 e. The molecule has 0 unspecified atom stereocenters. The number of phenolic OH excluding ortho intramolecular Hbond substituents is 1. The van der Waals surface area contributed by atoms with E-state index < -0.39 is 0 Å². The predicted molar refractivity (Wildman–Crippen MR) is 125 cm³/mol. The number of anilines is 1. The van der Waals surface area contributed by atoms with E-state index in [1.54, 1.807) is 13.2 Å². The molecule has 1 aromatic heterocycles. The minimum absolute atomic E-state index is 0.253. The van der Waals surface area contributed by atoms with Crippen LogP contribution in [0.1, 0.15) is 16.8 Å². The normalized spacial score (nSPS) is 14.7. The summed E-state index contributed by atoms with van der Waals surface area (Å²) in [5, 5.41) is 15.9. The van der Waals surface area contributed by atoms with Crippen LogP contribution in [-0.4, -0.2) is 48.5 Å². The molecule has 1 saturated heterocycles. The van der Waals surface area contributed by atoms with Crippen molar-refractivity contribution in [2.75, 3.05) is 38.2 Å². The molecule has 0 aliphatic carbocycles. The monoisotopic (exact) mass is 429 g/mol. The van der Waals surface area contributed by atoms with Crippen LogP contribution in [0, 0.1) is 0 Å². The molecular formula is C26H27N3O3. The van der Waals surface area contributed by atoms with Crippen LogP contribution in [0.15, 0.2) is 71.3 Å². The van der Waals surface area contributed by atoms with Crippen molar-refractivity contribution in [3.8, 4) is 11.5 Å². The van der Waals surface area contributed by atoms with Gasteiger partial charge in [0.1, 0.15) is 11.5 Å². The fraction of sp³-hybridized carbons (Fsp3) is 0.269. The number of piperazine rings is 1. The number of rotatable bonds is 6. The van der Waals surface area contributed by atoms with Crippen molar-refractivity contribution in [3.05, 3.63) is 83.6 Å². The van der Waals surface area contributed by atoms with Crippen molar-refractivity contribution in [1.29, 1.82) is 0 Å². The van der Waals surface area contributed by atoms with Crippen LogP contribution in [0.4, 0.5) is 5.69 Å². The second-order valence-electron chi connectivity index (χ2n) is 8.16. The first-order valence-corrected chi connectivity index (χ1v) is 11.0.